The topological polar surface area (TPSA) is 116 Å². The third kappa shape index (κ3) is 8.02. The highest BCUT2D eigenvalue weighted by molar-refractivity contribution is 7.89. The molecule has 0 atom stereocenters. The largest absolute Gasteiger partial charge is 0.369 e. The fourth-order valence-corrected chi connectivity index (χ4v) is 6.19. The molecule has 10 heteroatoms. The SMILES string of the molecule is N#CN=C(N)N(CCCCCCCN(CCF)S(=O)(=O)C1CCCCC1)c1ccncc1. The first kappa shape index (κ1) is 26.0. The van der Waals surface area contributed by atoms with Gasteiger partial charge >= 0.3 is 0 Å². The summed E-state index contributed by atoms with van der Waals surface area (Å²) in [5, 5.41) is 8.45. The Labute approximate surface area is 191 Å². The van der Waals surface area contributed by atoms with E-state index in [0.717, 1.165) is 57.1 Å². The quantitative estimate of drug-likeness (QED) is 0.206. The number of hydrogen-bond donors (Lipinski definition) is 1. The standard InChI is InChI=1S/C22H35FN6O2S/c23-13-18-28(32(30,31)21-9-5-4-6-10-21)16-7-2-1-3-8-17-29(22(25)27-19-24)20-11-14-26-15-12-20/h11-12,14-15,21H,1-10,13,16-18H2,(H2,25,27). The van der Waals surface area contributed by atoms with Gasteiger partial charge in [0.05, 0.1) is 5.25 Å². The van der Waals surface area contributed by atoms with Crippen molar-refractivity contribution in [3.05, 3.63) is 24.5 Å². The number of unbranched alkanes of at least 4 members (excludes halogenated alkanes) is 4. The molecule has 1 heterocycles. The molecule has 0 aliphatic heterocycles. The van der Waals surface area contributed by atoms with Crippen LogP contribution in [-0.2, 0) is 10.0 Å². The number of halogens is 1. The van der Waals surface area contributed by atoms with Crippen molar-refractivity contribution < 1.29 is 12.8 Å². The lowest BCUT2D eigenvalue weighted by atomic mass is 10.0. The van der Waals surface area contributed by atoms with Crippen molar-refractivity contribution in [1.82, 2.24) is 9.29 Å². The van der Waals surface area contributed by atoms with E-state index in [2.05, 4.69) is 9.98 Å². The molecular weight excluding hydrogens is 431 g/mol. The Morgan fingerprint density at radius 2 is 1.72 bits per heavy atom. The normalized spacial score (nSPS) is 15.6. The van der Waals surface area contributed by atoms with Crippen molar-refractivity contribution in [3.63, 3.8) is 0 Å². The predicted molar refractivity (Wildman–Crippen MR) is 125 cm³/mol. The molecular formula is C22H35FN6O2S. The number of nitriles is 1. The molecule has 0 bridgehead atoms. The number of aromatic nitrogens is 1. The van der Waals surface area contributed by atoms with E-state index >= 15 is 0 Å². The molecule has 0 amide bonds. The van der Waals surface area contributed by atoms with Crippen LogP contribution in [0.5, 0.6) is 0 Å². The van der Waals surface area contributed by atoms with Crippen molar-refractivity contribution in [3.8, 4) is 6.19 Å². The number of nitrogens with zero attached hydrogens (tertiary/aromatic N) is 5. The number of guanidine groups is 1. The van der Waals surface area contributed by atoms with Gasteiger partial charge in [-0.1, -0.05) is 38.5 Å². The van der Waals surface area contributed by atoms with Gasteiger partial charge in [0.2, 0.25) is 22.2 Å². The summed E-state index contributed by atoms with van der Waals surface area (Å²) in [6, 6.07) is 3.62. The van der Waals surface area contributed by atoms with Gasteiger partial charge in [0.15, 0.2) is 0 Å². The van der Waals surface area contributed by atoms with Crippen LogP contribution in [0.25, 0.3) is 0 Å². The van der Waals surface area contributed by atoms with Crippen LogP contribution in [0, 0.1) is 11.5 Å². The number of rotatable bonds is 13. The Hall–Kier alpha value is -2.25. The van der Waals surface area contributed by atoms with Crippen LogP contribution in [0.2, 0.25) is 0 Å². The summed E-state index contributed by atoms with van der Waals surface area (Å²) in [5.74, 6) is 0.147. The second kappa shape index (κ2) is 14.0. The van der Waals surface area contributed by atoms with Gasteiger partial charge in [-0.2, -0.15) is 9.57 Å². The molecule has 0 radical (unpaired) electrons. The molecule has 1 saturated carbocycles. The first-order chi connectivity index (χ1) is 15.5. The molecule has 1 aliphatic carbocycles. The average Bonchev–Trinajstić information content (AvgIpc) is 2.81. The van der Waals surface area contributed by atoms with Crippen LogP contribution in [-0.4, -0.2) is 55.2 Å². The molecule has 8 nitrogen and oxygen atoms in total. The summed E-state index contributed by atoms with van der Waals surface area (Å²) in [7, 11) is -3.41. The molecule has 1 aromatic rings. The smallest absolute Gasteiger partial charge is 0.217 e. The zero-order valence-corrected chi connectivity index (χ0v) is 19.5. The number of sulfonamides is 1. The number of aliphatic imine (C=N–C) groups is 1. The highest BCUT2D eigenvalue weighted by Crippen LogP contribution is 2.26. The molecule has 1 aliphatic rings. The van der Waals surface area contributed by atoms with Crippen LogP contribution in [0.3, 0.4) is 0 Å². The summed E-state index contributed by atoms with van der Waals surface area (Å²) in [6.07, 6.45) is 13.7. The lowest BCUT2D eigenvalue weighted by molar-refractivity contribution is 0.338. The highest BCUT2D eigenvalue weighted by atomic mass is 32.2. The molecule has 2 rings (SSSR count). The van der Waals surface area contributed by atoms with Crippen LogP contribution < -0.4 is 10.6 Å². The van der Waals surface area contributed by atoms with Crippen molar-refractivity contribution in [2.45, 2.75) is 69.5 Å². The molecule has 0 aromatic carbocycles. The fourth-order valence-electron chi connectivity index (χ4n) is 4.13. The van der Waals surface area contributed by atoms with E-state index in [-0.39, 0.29) is 17.8 Å². The van der Waals surface area contributed by atoms with Crippen LogP contribution >= 0.6 is 0 Å². The molecule has 178 valence electrons. The Morgan fingerprint density at radius 1 is 1.09 bits per heavy atom. The fraction of sp³-hybridized carbons (Fsp3) is 0.682. The number of nitrogens with two attached hydrogens (primary N) is 1. The zero-order chi connectivity index (χ0) is 23.2. The maximum atomic E-state index is 13.0. The summed E-state index contributed by atoms with van der Waals surface area (Å²) in [6.45, 7) is 0.304. The van der Waals surface area contributed by atoms with Crippen molar-refractivity contribution in [2.75, 3.05) is 31.2 Å². The Kier molecular flexibility index (Phi) is 11.4. The van der Waals surface area contributed by atoms with E-state index in [9.17, 15) is 12.8 Å². The lowest BCUT2D eigenvalue weighted by Crippen LogP contribution is -2.41. The van der Waals surface area contributed by atoms with Gasteiger partial charge in [-0.25, -0.2) is 12.8 Å². The molecule has 0 unspecified atom stereocenters. The monoisotopic (exact) mass is 466 g/mol. The third-order valence-electron chi connectivity index (χ3n) is 5.87. The number of hydrogen-bond acceptors (Lipinski definition) is 5. The van der Waals surface area contributed by atoms with Crippen molar-refractivity contribution >= 4 is 21.7 Å². The summed E-state index contributed by atoms with van der Waals surface area (Å²) < 4.78 is 40.1. The number of anilines is 1. The van der Waals surface area contributed by atoms with Gasteiger partial charge in [0, 0.05) is 37.7 Å². The molecule has 0 spiro atoms. The van der Waals surface area contributed by atoms with Gasteiger partial charge in [-0.15, -0.1) is 4.99 Å². The van der Waals surface area contributed by atoms with E-state index in [1.807, 2.05) is 12.1 Å². The average molecular weight is 467 g/mol. The minimum atomic E-state index is -3.41. The van der Waals surface area contributed by atoms with Crippen molar-refractivity contribution in [1.29, 1.82) is 5.26 Å². The van der Waals surface area contributed by atoms with Crippen LogP contribution in [0.4, 0.5) is 10.1 Å². The van der Waals surface area contributed by atoms with E-state index in [1.54, 1.807) is 23.5 Å². The second-order valence-electron chi connectivity index (χ2n) is 8.09. The predicted octanol–water partition coefficient (Wildman–Crippen LogP) is 3.57. The maximum Gasteiger partial charge on any atom is 0.217 e. The van der Waals surface area contributed by atoms with Crippen LogP contribution in [0.1, 0.15) is 64.2 Å². The van der Waals surface area contributed by atoms with Gasteiger partial charge in [0.1, 0.15) is 6.67 Å². The molecule has 2 N–H and O–H groups in total. The summed E-state index contributed by atoms with van der Waals surface area (Å²) in [4.78, 5) is 9.42. The highest BCUT2D eigenvalue weighted by Gasteiger charge is 2.32. The minimum Gasteiger partial charge on any atom is -0.369 e. The molecule has 1 fully saturated rings. The van der Waals surface area contributed by atoms with Crippen LogP contribution in [0.15, 0.2) is 29.5 Å². The Balaban J connectivity index is 1.76. The molecule has 1 aromatic heterocycles. The number of pyridine rings is 1. The Morgan fingerprint density at radius 3 is 2.34 bits per heavy atom. The van der Waals surface area contributed by atoms with E-state index in [0.29, 0.717) is 25.9 Å². The second-order valence-corrected chi connectivity index (χ2v) is 10.3. The van der Waals surface area contributed by atoms with E-state index in [4.69, 9.17) is 11.0 Å². The first-order valence-corrected chi connectivity index (χ1v) is 13.0. The lowest BCUT2D eigenvalue weighted by Gasteiger charge is -2.29. The first-order valence-electron chi connectivity index (χ1n) is 11.5. The van der Waals surface area contributed by atoms with Gasteiger partial charge in [-0.3, -0.25) is 4.98 Å². The minimum absolute atomic E-state index is 0.0444. The van der Waals surface area contributed by atoms with Gasteiger partial charge < -0.3 is 10.6 Å². The number of alkyl halides is 1. The maximum absolute atomic E-state index is 13.0. The van der Waals surface area contributed by atoms with E-state index < -0.39 is 16.7 Å². The molecule has 32 heavy (non-hydrogen) atoms. The molecule has 0 saturated heterocycles. The van der Waals surface area contributed by atoms with E-state index in [1.165, 1.54) is 4.31 Å². The van der Waals surface area contributed by atoms with Gasteiger partial charge in [0.25, 0.3) is 0 Å². The zero-order valence-electron chi connectivity index (χ0n) is 18.7. The van der Waals surface area contributed by atoms with Gasteiger partial charge in [-0.05, 0) is 37.8 Å². The Bertz CT molecular complexity index is 838. The third-order valence-corrected chi connectivity index (χ3v) is 8.27. The summed E-state index contributed by atoms with van der Waals surface area (Å²) in [5.41, 5.74) is 6.75. The summed E-state index contributed by atoms with van der Waals surface area (Å²) >= 11 is 0. The van der Waals surface area contributed by atoms with Crippen molar-refractivity contribution in [2.24, 2.45) is 10.7 Å².